The van der Waals surface area contributed by atoms with Gasteiger partial charge in [0.15, 0.2) is 0 Å². The molecule has 8 heteroatoms. The summed E-state index contributed by atoms with van der Waals surface area (Å²) in [5.74, 6) is 0.255. The molecule has 5 rings (SSSR count). The number of aromatic nitrogens is 3. The second-order valence-electron chi connectivity index (χ2n) is 8.45. The first-order valence-electron chi connectivity index (χ1n) is 10.3. The van der Waals surface area contributed by atoms with Crippen molar-refractivity contribution in [2.24, 2.45) is 5.92 Å². The van der Waals surface area contributed by atoms with Crippen molar-refractivity contribution < 1.29 is 9.18 Å². The number of rotatable bonds is 6. The Balaban J connectivity index is 1.25. The highest BCUT2D eigenvalue weighted by Crippen LogP contribution is 2.38. The minimum Gasteiger partial charge on any atom is -0.339 e. The summed E-state index contributed by atoms with van der Waals surface area (Å²) >= 11 is 0. The third-order valence-corrected chi connectivity index (χ3v) is 6.35. The first kappa shape index (κ1) is 18.3. The molecule has 1 amide bonds. The predicted octanol–water partition coefficient (Wildman–Crippen LogP) is 1.98. The van der Waals surface area contributed by atoms with Crippen molar-refractivity contribution in [3.8, 4) is 11.8 Å². The number of benzene rings is 1. The molecular weight excluding hydrogens is 371 g/mol. The molecule has 7 nitrogen and oxygen atoms in total. The van der Waals surface area contributed by atoms with Crippen LogP contribution in [0.4, 0.5) is 4.39 Å². The Morgan fingerprint density at radius 2 is 2.24 bits per heavy atom. The van der Waals surface area contributed by atoms with Gasteiger partial charge in [-0.05, 0) is 55.7 Å². The lowest BCUT2D eigenvalue weighted by molar-refractivity contribution is -0.124. The van der Waals surface area contributed by atoms with Gasteiger partial charge in [0.2, 0.25) is 5.91 Å². The van der Waals surface area contributed by atoms with Crippen molar-refractivity contribution in [2.75, 3.05) is 0 Å². The molecule has 2 aromatic rings. The number of amides is 1. The topological polar surface area (TPSA) is 95.6 Å². The van der Waals surface area contributed by atoms with Crippen LogP contribution in [0.2, 0.25) is 0 Å². The number of nitrogens with zero attached hydrogens (tertiary/aromatic N) is 4. The third-order valence-electron chi connectivity index (χ3n) is 6.35. The van der Waals surface area contributed by atoms with Gasteiger partial charge >= 0.3 is 0 Å². The van der Waals surface area contributed by atoms with Crippen LogP contribution in [0.1, 0.15) is 49.3 Å². The molecule has 2 bridgehead atoms. The molecule has 0 radical (unpaired) electrons. The Morgan fingerprint density at radius 3 is 2.90 bits per heavy atom. The fraction of sp³-hybridized carbons (Fsp3) is 0.524. The van der Waals surface area contributed by atoms with Crippen LogP contribution in [-0.4, -0.2) is 39.0 Å². The lowest BCUT2D eigenvalue weighted by Crippen LogP contribution is -2.50. The summed E-state index contributed by atoms with van der Waals surface area (Å²) in [4.78, 5) is 12.5. The van der Waals surface area contributed by atoms with E-state index < -0.39 is 11.9 Å². The number of nitrogens with one attached hydrogen (secondary N) is 2. The van der Waals surface area contributed by atoms with Crippen LogP contribution in [0, 0.1) is 23.1 Å². The zero-order chi connectivity index (χ0) is 20.0. The molecule has 2 N–H and O–H groups in total. The second kappa shape index (κ2) is 7.23. The van der Waals surface area contributed by atoms with Gasteiger partial charge in [-0.2, -0.15) is 5.26 Å². The van der Waals surface area contributed by atoms with Crippen molar-refractivity contribution in [1.82, 2.24) is 25.6 Å². The quantitative estimate of drug-likeness (QED) is 0.781. The van der Waals surface area contributed by atoms with Crippen LogP contribution in [-0.2, 0) is 11.2 Å². The summed E-state index contributed by atoms with van der Waals surface area (Å²) in [5, 5.41) is 23.8. The lowest BCUT2D eigenvalue weighted by atomic mass is 9.98. The maximum atomic E-state index is 14.7. The molecule has 1 saturated heterocycles. The molecule has 29 heavy (non-hydrogen) atoms. The molecule has 2 saturated carbocycles. The highest BCUT2D eigenvalue weighted by molar-refractivity contribution is 5.83. The van der Waals surface area contributed by atoms with Gasteiger partial charge in [-0.15, -0.1) is 5.10 Å². The highest BCUT2D eigenvalue weighted by Gasteiger charge is 2.43. The van der Waals surface area contributed by atoms with Gasteiger partial charge in [0, 0.05) is 18.4 Å². The summed E-state index contributed by atoms with van der Waals surface area (Å²) in [6.07, 6.45) is 7.41. The molecule has 2 aliphatic carbocycles. The molecule has 0 unspecified atom stereocenters. The molecule has 2 heterocycles. The number of halogens is 1. The number of carbonyl (C=O) groups is 1. The smallest absolute Gasteiger partial charge is 0.238 e. The van der Waals surface area contributed by atoms with Gasteiger partial charge < -0.3 is 10.6 Å². The average Bonchev–Trinajstić information content (AvgIpc) is 3.14. The van der Waals surface area contributed by atoms with E-state index >= 15 is 0 Å². The Kier molecular flexibility index (Phi) is 4.55. The van der Waals surface area contributed by atoms with Gasteiger partial charge in [0.05, 0.1) is 29.7 Å². The van der Waals surface area contributed by atoms with E-state index in [4.69, 9.17) is 0 Å². The van der Waals surface area contributed by atoms with Crippen LogP contribution < -0.4 is 10.6 Å². The Bertz CT molecular complexity index is 978. The van der Waals surface area contributed by atoms with Crippen molar-refractivity contribution in [3.63, 3.8) is 0 Å². The SMILES string of the molecule is N#C[C@H](Cc1ccc(-n2cc(C3CC3)nn2)cc1F)NC(=O)[C@H]1N[C@@H]2CC[C@H]1C2. The molecular formula is C21H23FN6O. The van der Waals surface area contributed by atoms with Crippen LogP contribution in [0.5, 0.6) is 0 Å². The molecule has 1 aliphatic heterocycles. The summed E-state index contributed by atoms with van der Waals surface area (Å²) in [7, 11) is 0. The van der Waals surface area contributed by atoms with Crippen LogP contribution in [0.3, 0.4) is 0 Å². The van der Waals surface area contributed by atoms with Crippen LogP contribution >= 0.6 is 0 Å². The van der Waals surface area contributed by atoms with E-state index in [1.165, 1.54) is 6.07 Å². The number of hydrogen-bond donors (Lipinski definition) is 2. The largest absolute Gasteiger partial charge is 0.339 e. The Labute approximate surface area is 168 Å². The van der Waals surface area contributed by atoms with E-state index in [1.54, 1.807) is 16.8 Å². The molecule has 1 aromatic carbocycles. The standard InChI is InChI=1S/C21H23FN6O/c22-18-9-17(28-11-19(26-27-28)12-1-2-12)6-4-13(18)7-16(10-23)25-21(29)20-14-3-5-15(8-14)24-20/h4,6,9,11-12,14-16,20,24H,1-3,5,7-8H2,(H,25,29)/t14-,15+,16-,20-/m0/s1. The number of piperidine rings is 1. The fourth-order valence-electron chi connectivity index (χ4n) is 4.57. The van der Waals surface area contributed by atoms with E-state index in [-0.39, 0.29) is 18.4 Å². The van der Waals surface area contributed by atoms with Crippen molar-refractivity contribution in [3.05, 3.63) is 41.5 Å². The van der Waals surface area contributed by atoms with Gasteiger partial charge in [0.25, 0.3) is 0 Å². The fourth-order valence-corrected chi connectivity index (χ4v) is 4.57. The van der Waals surface area contributed by atoms with Gasteiger partial charge in [-0.3, -0.25) is 4.79 Å². The summed E-state index contributed by atoms with van der Waals surface area (Å²) in [6.45, 7) is 0. The zero-order valence-electron chi connectivity index (χ0n) is 16.0. The first-order valence-corrected chi connectivity index (χ1v) is 10.3. The predicted molar refractivity (Wildman–Crippen MR) is 103 cm³/mol. The Morgan fingerprint density at radius 1 is 1.38 bits per heavy atom. The average molecular weight is 394 g/mol. The third kappa shape index (κ3) is 3.62. The van der Waals surface area contributed by atoms with Crippen molar-refractivity contribution in [2.45, 2.75) is 62.6 Å². The van der Waals surface area contributed by atoms with Gasteiger partial charge in [-0.1, -0.05) is 11.3 Å². The lowest BCUT2D eigenvalue weighted by Gasteiger charge is -2.23. The molecule has 150 valence electrons. The summed E-state index contributed by atoms with van der Waals surface area (Å²) < 4.78 is 16.2. The molecule has 1 aromatic heterocycles. The second-order valence-corrected chi connectivity index (χ2v) is 8.45. The van der Waals surface area contributed by atoms with E-state index in [2.05, 4.69) is 27.0 Å². The maximum absolute atomic E-state index is 14.7. The van der Waals surface area contributed by atoms with Gasteiger partial charge in [-0.25, -0.2) is 9.07 Å². The minimum atomic E-state index is -0.767. The number of nitriles is 1. The summed E-state index contributed by atoms with van der Waals surface area (Å²) in [6, 6.07) is 6.31. The van der Waals surface area contributed by atoms with E-state index in [0.717, 1.165) is 37.8 Å². The van der Waals surface area contributed by atoms with Crippen LogP contribution in [0.15, 0.2) is 24.4 Å². The van der Waals surface area contributed by atoms with Crippen LogP contribution in [0.25, 0.3) is 5.69 Å². The van der Waals surface area contributed by atoms with Gasteiger partial charge in [0.1, 0.15) is 11.9 Å². The van der Waals surface area contributed by atoms with E-state index in [0.29, 0.717) is 29.1 Å². The Hall–Kier alpha value is -2.79. The maximum Gasteiger partial charge on any atom is 0.238 e. The number of fused-ring (bicyclic) bond motifs is 2. The normalized spacial score (nSPS) is 26.3. The number of hydrogen-bond acceptors (Lipinski definition) is 5. The summed E-state index contributed by atoms with van der Waals surface area (Å²) in [5.41, 5.74) is 1.93. The van der Waals surface area contributed by atoms with Crippen molar-refractivity contribution >= 4 is 5.91 Å². The minimum absolute atomic E-state index is 0.125. The monoisotopic (exact) mass is 394 g/mol. The number of carbonyl (C=O) groups excluding carboxylic acids is 1. The van der Waals surface area contributed by atoms with Crippen molar-refractivity contribution in [1.29, 1.82) is 5.26 Å². The van der Waals surface area contributed by atoms with E-state index in [9.17, 15) is 14.4 Å². The molecule has 4 atom stereocenters. The highest BCUT2D eigenvalue weighted by atomic mass is 19.1. The molecule has 0 spiro atoms. The first-order chi connectivity index (χ1) is 14.1. The molecule has 3 fully saturated rings. The zero-order valence-corrected chi connectivity index (χ0v) is 16.0. The molecule has 3 aliphatic rings. The van der Waals surface area contributed by atoms with E-state index in [1.807, 2.05) is 6.20 Å².